The van der Waals surface area contributed by atoms with Gasteiger partial charge in [0.1, 0.15) is 0 Å². The third-order valence-corrected chi connectivity index (χ3v) is 5.94. The molecule has 1 aromatic rings. The summed E-state index contributed by atoms with van der Waals surface area (Å²) in [6.45, 7) is 4.32. The lowest BCUT2D eigenvalue weighted by Gasteiger charge is -2.06. The molecule has 0 aliphatic heterocycles. The molecule has 0 radical (unpaired) electrons. The van der Waals surface area contributed by atoms with E-state index in [0.717, 1.165) is 17.7 Å². The second-order valence-corrected chi connectivity index (χ2v) is 8.03. The van der Waals surface area contributed by atoms with Crippen molar-refractivity contribution >= 4 is 21.4 Å². The summed E-state index contributed by atoms with van der Waals surface area (Å²) in [6, 6.07) is 1.56. The molecule has 0 unspecified atom stereocenters. The molecule has 2 N–H and O–H groups in total. The largest absolute Gasteiger partial charge is 0.391 e. The van der Waals surface area contributed by atoms with Gasteiger partial charge >= 0.3 is 0 Å². The number of unbranched alkanes of at least 4 members (excludes halogenated alkanes) is 5. The Kier molecular flexibility index (Phi) is 7.72. The minimum Gasteiger partial charge on any atom is -0.391 e. The van der Waals surface area contributed by atoms with E-state index in [0.29, 0.717) is 16.3 Å². The van der Waals surface area contributed by atoms with Crippen molar-refractivity contribution in [3.8, 4) is 0 Å². The Morgan fingerprint density at radius 3 is 2.45 bits per heavy atom. The van der Waals surface area contributed by atoms with Crippen LogP contribution < -0.4 is 4.72 Å². The number of aliphatic hydroxyl groups is 1. The normalized spacial score (nSPS) is 11.9. The molecular formula is C14H25NO3S2. The van der Waals surface area contributed by atoms with E-state index in [-0.39, 0.29) is 6.61 Å². The van der Waals surface area contributed by atoms with Gasteiger partial charge in [-0.2, -0.15) is 0 Å². The third kappa shape index (κ3) is 5.52. The number of sulfonamides is 1. The van der Waals surface area contributed by atoms with E-state index in [9.17, 15) is 8.42 Å². The molecular weight excluding hydrogens is 294 g/mol. The Balaban J connectivity index is 2.40. The molecule has 1 aromatic heterocycles. The van der Waals surface area contributed by atoms with Gasteiger partial charge in [0, 0.05) is 16.3 Å². The number of hydrogen-bond donors (Lipinski definition) is 2. The second-order valence-electron chi connectivity index (χ2n) is 4.96. The molecule has 0 spiro atoms. The number of hydrogen-bond acceptors (Lipinski definition) is 4. The van der Waals surface area contributed by atoms with Crippen LogP contribution in [0.4, 0.5) is 0 Å². The summed E-state index contributed by atoms with van der Waals surface area (Å²) in [4.78, 5) is 1.71. The van der Waals surface area contributed by atoms with Gasteiger partial charge in [-0.05, 0) is 19.4 Å². The number of thiophene rings is 1. The van der Waals surface area contributed by atoms with Gasteiger partial charge in [-0.3, -0.25) is 0 Å². The zero-order valence-electron chi connectivity index (χ0n) is 12.3. The molecule has 20 heavy (non-hydrogen) atoms. The van der Waals surface area contributed by atoms with Crippen molar-refractivity contribution in [1.82, 2.24) is 4.72 Å². The average Bonchev–Trinajstić information content (AvgIpc) is 2.80. The summed E-state index contributed by atoms with van der Waals surface area (Å²) < 4.78 is 26.9. The Hall–Kier alpha value is -0.430. The summed E-state index contributed by atoms with van der Waals surface area (Å²) in [5.41, 5.74) is 0. The molecule has 0 aromatic carbocycles. The quantitative estimate of drug-likeness (QED) is 0.651. The molecule has 0 aliphatic carbocycles. The molecule has 4 nitrogen and oxygen atoms in total. The second kappa shape index (κ2) is 8.77. The van der Waals surface area contributed by atoms with Gasteiger partial charge in [-0.15, -0.1) is 11.3 Å². The monoisotopic (exact) mass is 319 g/mol. The maximum atomic E-state index is 12.1. The topological polar surface area (TPSA) is 66.4 Å². The maximum Gasteiger partial charge on any atom is 0.241 e. The van der Waals surface area contributed by atoms with E-state index in [4.69, 9.17) is 5.11 Å². The minimum atomic E-state index is -3.43. The molecule has 0 bridgehead atoms. The molecule has 0 atom stereocenters. The van der Waals surface area contributed by atoms with Crippen molar-refractivity contribution in [2.24, 2.45) is 0 Å². The number of aryl methyl sites for hydroxylation is 1. The van der Waals surface area contributed by atoms with Crippen molar-refractivity contribution in [2.45, 2.75) is 63.9 Å². The van der Waals surface area contributed by atoms with Gasteiger partial charge in [0.15, 0.2) is 0 Å². The highest BCUT2D eigenvalue weighted by atomic mass is 32.2. The summed E-state index contributed by atoms with van der Waals surface area (Å²) in [5, 5.41) is 9.05. The molecule has 0 aliphatic rings. The summed E-state index contributed by atoms with van der Waals surface area (Å²) in [7, 11) is -3.43. The van der Waals surface area contributed by atoms with Crippen LogP contribution in [0.25, 0.3) is 0 Å². The fourth-order valence-electron chi connectivity index (χ4n) is 2.06. The van der Waals surface area contributed by atoms with Crippen molar-refractivity contribution in [3.05, 3.63) is 15.8 Å². The zero-order valence-corrected chi connectivity index (χ0v) is 13.9. The van der Waals surface area contributed by atoms with E-state index >= 15 is 0 Å². The first kappa shape index (κ1) is 17.6. The Morgan fingerprint density at radius 1 is 1.20 bits per heavy atom. The van der Waals surface area contributed by atoms with E-state index < -0.39 is 10.0 Å². The van der Waals surface area contributed by atoms with Gasteiger partial charge in [0.05, 0.1) is 11.5 Å². The van der Waals surface area contributed by atoms with Crippen LogP contribution in [0, 0.1) is 6.92 Å². The van der Waals surface area contributed by atoms with E-state index in [2.05, 4.69) is 11.6 Å². The average molecular weight is 319 g/mol. The Morgan fingerprint density at radius 2 is 1.85 bits per heavy atom. The lowest BCUT2D eigenvalue weighted by atomic mass is 10.1. The van der Waals surface area contributed by atoms with Gasteiger partial charge in [0.25, 0.3) is 0 Å². The van der Waals surface area contributed by atoms with Gasteiger partial charge < -0.3 is 5.11 Å². The third-order valence-electron chi connectivity index (χ3n) is 3.19. The molecule has 0 amide bonds. The van der Waals surface area contributed by atoms with Crippen LogP contribution in [0.3, 0.4) is 0 Å². The van der Waals surface area contributed by atoms with Gasteiger partial charge in [-0.1, -0.05) is 39.0 Å². The van der Waals surface area contributed by atoms with Crippen molar-refractivity contribution in [1.29, 1.82) is 0 Å². The molecule has 6 heteroatoms. The summed E-state index contributed by atoms with van der Waals surface area (Å²) >= 11 is 1.32. The molecule has 0 saturated carbocycles. The van der Waals surface area contributed by atoms with Crippen LogP contribution in [0.1, 0.15) is 55.2 Å². The van der Waals surface area contributed by atoms with Crippen LogP contribution in [-0.2, 0) is 16.6 Å². The lowest BCUT2D eigenvalue weighted by molar-refractivity contribution is 0.285. The van der Waals surface area contributed by atoms with Gasteiger partial charge in [0.2, 0.25) is 10.0 Å². The first-order chi connectivity index (χ1) is 9.51. The Labute approximate surface area is 126 Å². The summed E-state index contributed by atoms with van der Waals surface area (Å²) in [5.74, 6) is 0. The summed E-state index contributed by atoms with van der Waals surface area (Å²) in [6.07, 6.45) is 6.81. The van der Waals surface area contributed by atoms with Crippen molar-refractivity contribution < 1.29 is 13.5 Å². The smallest absolute Gasteiger partial charge is 0.241 e. The van der Waals surface area contributed by atoms with Crippen LogP contribution in [0.5, 0.6) is 0 Å². The lowest BCUT2D eigenvalue weighted by Crippen LogP contribution is -2.24. The molecule has 1 heterocycles. The maximum absolute atomic E-state index is 12.1. The highest BCUT2D eigenvalue weighted by molar-refractivity contribution is 7.89. The van der Waals surface area contributed by atoms with Gasteiger partial charge in [-0.25, -0.2) is 13.1 Å². The zero-order chi connectivity index (χ0) is 15.0. The first-order valence-electron chi connectivity index (χ1n) is 7.21. The number of nitrogens with one attached hydrogen (secondary N) is 1. The minimum absolute atomic E-state index is 0.113. The van der Waals surface area contributed by atoms with E-state index in [1.54, 1.807) is 13.0 Å². The highest BCUT2D eigenvalue weighted by Gasteiger charge is 2.18. The van der Waals surface area contributed by atoms with Crippen LogP contribution in [-0.4, -0.2) is 20.1 Å². The molecule has 1 rings (SSSR count). The standard InChI is InChI=1S/C14H25NO3S2/c1-3-4-5-6-7-8-9-15-20(17,18)14-10-13(11-16)19-12(14)2/h10,15-16H,3-9,11H2,1-2H3. The molecule has 0 saturated heterocycles. The van der Waals surface area contributed by atoms with Crippen molar-refractivity contribution in [3.63, 3.8) is 0 Å². The predicted molar refractivity (Wildman–Crippen MR) is 83.5 cm³/mol. The Bertz CT molecular complexity index is 495. The van der Waals surface area contributed by atoms with Crippen LogP contribution >= 0.6 is 11.3 Å². The van der Waals surface area contributed by atoms with E-state index in [1.165, 1.54) is 37.0 Å². The predicted octanol–water partition coefficient (Wildman–Crippen LogP) is 3.19. The van der Waals surface area contributed by atoms with E-state index in [1.807, 2.05) is 0 Å². The number of rotatable bonds is 10. The fourth-order valence-corrected chi connectivity index (χ4v) is 4.63. The highest BCUT2D eigenvalue weighted by Crippen LogP contribution is 2.25. The SMILES string of the molecule is CCCCCCCCNS(=O)(=O)c1cc(CO)sc1C. The van der Waals surface area contributed by atoms with Crippen LogP contribution in [0.2, 0.25) is 0 Å². The van der Waals surface area contributed by atoms with Crippen LogP contribution in [0.15, 0.2) is 11.0 Å². The first-order valence-corrected chi connectivity index (χ1v) is 9.51. The fraction of sp³-hybridized carbons (Fsp3) is 0.714. The number of aliphatic hydroxyl groups excluding tert-OH is 1. The van der Waals surface area contributed by atoms with Crippen molar-refractivity contribution in [2.75, 3.05) is 6.54 Å². The molecule has 116 valence electrons. The molecule has 0 fully saturated rings.